The SMILES string of the molecule is C=Cn1c(-c2cccnc2[C@H](C)OC)c2c3cc(ccc31)-c1cnc(o1)C[C@H](NC(=O)[C@H](C(C)C)N(C)[N+](=O)[C@H]1CCN(C(=O)C#CC(C)(C)N3CCC3)C1)C(=O)N1CCC[C@H](N1)C(=O)OCC(C)(C)C2. The number of amides is 3. The van der Waals surface area contributed by atoms with E-state index in [4.69, 9.17) is 18.9 Å². The molecule has 1 aromatic carbocycles. The van der Waals surface area contributed by atoms with E-state index < -0.39 is 52.9 Å². The first-order valence-corrected chi connectivity index (χ1v) is 24.8. The molecule has 2 N–H and O–H groups in total. The zero-order valence-electron chi connectivity index (χ0n) is 42.6. The summed E-state index contributed by atoms with van der Waals surface area (Å²) in [6.07, 6.45) is 7.62. The summed E-state index contributed by atoms with van der Waals surface area (Å²) in [6.45, 7) is 20.7. The first-order valence-electron chi connectivity index (χ1n) is 24.8. The topological polar surface area (TPSA) is 188 Å². The molecule has 0 radical (unpaired) electrons. The largest absolute Gasteiger partial charge is 0.464 e. The van der Waals surface area contributed by atoms with E-state index in [1.165, 1.54) is 10.0 Å². The van der Waals surface area contributed by atoms with Crippen molar-refractivity contribution in [3.63, 3.8) is 0 Å². The van der Waals surface area contributed by atoms with Crippen LogP contribution in [0.3, 0.4) is 0 Å². The van der Waals surface area contributed by atoms with Crippen LogP contribution in [0.4, 0.5) is 0 Å². The second kappa shape index (κ2) is 20.7. The summed E-state index contributed by atoms with van der Waals surface area (Å²) >= 11 is 0. The molecule has 4 aromatic rings. The Bertz CT molecular complexity index is 2760. The van der Waals surface area contributed by atoms with Crippen molar-refractivity contribution in [3.05, 3.63) is 71.4 Å². The molecule has 3 fully saturated rings. The molecule has 8 rings (SSSR count). The molecule has 3 saturated heterocycles. The van der Waals surface area contributed by atoms with E-state index in [0.29, 0.717) is 38.0 Å². The Kier molecular flexibility index (Phi) is 14.9. The van der Waals surface area contributed by atoms with Crippen LogP contribution in [0.1, 0.15) is 97.4 Å². The van der Waals surface area contributed by atoms with E-state index >= 15 is 0 Å². The quantitative estimate of drug-likeness (QED) is 0.0825. The minimum absolute atomic E-state index is 0.0811. The Hall–Kier alpha value is -6.42. The third kappa shape index (κ3) is 10.6. The van der Waals surface area contributed by atoms with E-state index in [2.05, 4.69) is 57.5 Å². The number of pyridine rings is 1. The number of rotatable bonds is 11. The maximum absolute atomic E-state index is 14.7. The molecule has 6 bridgehead atoms. The molecule has 3 amide bonds. The lowest BCUT2D eigenvalue weighted by Crippen LogP contribution is -2.62. The van der Waals surface area contributed by atoms with Gasteiger partial charge in [-0.05, 0) is 94.2 Å². The minimum atomic E-state index is -1.22. The maximum atomic E-state index is 14.7. The number of hydrogen-bond acceptors (Lipinski definition) is 12. The Morgan fingerprint density at radius 1 is 1.10 bits per heavy atom. The molecule has 3 aromatic heterocycles. The normalized spacial score (nSPS) is 21.6. The summed E-state index contributed by atoms with van der Waals surface area (Å²) in [7, 11) is 3.21. The first-order chi connectivity index (χ1) is 33.8. The van der Waals surface area contributed by atoms with Crippen molar-refractivity contribution in [2.45, 2.75) is 123 Å². The Balaban J connectivity index is 1.09. The number of aromatic nitrogens is 3. The molecule has 378 valence electrons. The lowest BCUT2D eigenvalue weighted by Gasteiger charge is -2.41. The van der Waals surface area contributed by atoms with Crippen LogP contribution in [-0.2, 0) is 41.5 Å². The number of likely N-dealkylation sites (tertiary alicyclic amines) is 2. The smallest absolute Gasteiger partial charge is 0.324 e. The lowest BCUT2D eigenvalue weighted by atomic mass is 9.84. The molecule has 71 heavy (non-hydrogen) atoms. The standard InChI is InChI=1S/C53H68N10O8/c1-11-61-42-18-17-35-27-38(42)39(48(61)37-15-12-22-54-46(37)34(4)69-10)29-52(5,6)32-70-51(67)40-16-13-25-62(57-40)50(66)41(28-44-55-30-43(35)71-44)56-49(65)47(33(2)3)58(9)63(68)36-20-26-59(31-36)45(64)19-21-53(7,8)60-23-14-24-60/h11-12,15,17-18,22,27,30,33-34,36,40-41,47,57H,1,13-14,16,20,23-26,28-29,31-32H2,2-10H3/p+1/t34-,36-,40-,41-,47-/m0/s1. The van der Waals surface area contributed by atoms with Crippen molar-refractivity contribution >= 4 is 40.8 Å². The second-order valence-electron chi connectivity index (χ2n) is 21.0. The third-order valence-electron chi connectivity index (χ3n) is 14.4. The highest BCUT2D eigenvalue weighted by molar-refractivity contribution is 5.97. The van der Waals surface area contributed by atoms with Crippen LogP contribution in [0.15, 0.2) is 53.7 Å². The van der Waals surface area contributed by atoms with Crippen molar-refractivity contribution in [1.29, 1.82) is 0 Å². The molecule has 18 heteroatoms. The molecule has 7 heterocycles. The number of hydrogen-bond donors (Lipinski definition) is 2. The van der Waals surface area contributed by atoms with E-state index in [-0.39, 0.29) is 49.9 Å². The van der Waals surface area contributed by atoms with Gasteiger partial charge in [0.05, 0.1) is 66.3 Å². The molecule has 4 aliphatic rings. The number of nitrogens with one attached hydrogen (secondary N) is 2. The fourth-order valence-electron chi connectivity index (χ4n) is 10.2. The van der Waals surface area contributed by atoms with Crippen molar-refractivity contribution < 1.29 is 37.9 Å². The van der Waals surface area contributed by atoms with Gasteiger partial charge in [0.25, 0.3) is 17.9 Å². The monoisotopic (exact) mass is 974 g/mol. The van der Waals surface area contributed by atoms with Crippen molar-refractivity contribution in [3.8, 4) is 34.4 Å². The number of nitroso groups, excluding NO2 is 1. The third-order valence-corrected chi connectivity index (χ3v) is 14.4. The number of fused-ring (bicyclic) bond motifs is 6. The summed E-state index contributed by atoms with van der Waals surface area (Å²) < 4.78 is 20.4. The molecule has 18 nitrogen and oxygen atoms in total. The van der Waals surface area contributed by atoms with Gasteiger partial charge in [0, 0.05) is 74.0 Å². The van der Waals surface area contributed by atoms with Crippen LogP contribution in [-0.4, -0.2) is 146 Å². The predicted molar refractivity (Wildman–Crippen MR) is 267 cm³/mol. The zero-order valence-corrected chi connectivity index (χ0v) is 42.6. The number of ether oxygens (including phenoxy) is 2. The average molecular weight is 974 g/mol. The van der Waals surface area contributed by atoms with Crippen LogP contribution in [0.2, 0.25) is 0 Å². The number of carbonyl (C=O) groups is 4. The summed E-state index contributed by atoms with van der Waals surface area (Å²) in [6, 6.07) is 6.24. The highest BCUT2D eigenvalue weighted by Gasteiger charge is 2.45. The number of nitrogens with zero attached hydrogens (tertiary/aromatic N) is 8. The van der Waals surface area contributed by atoms with Crippen molar-refractivity contribution in [2.75, 3.05) is 53.5 Å². The molecule has 4 aliphatic heterocycles. The fourth-order valence-corrected chi connectivity index (χ4v) is 10.2. The summed E-state index contributed by atoms with van der Waals surface area (Å²) in [5, 5.41) is 6.59. The lowest BCUT2D eigenvalue weighted by molar-refractivity contribution is -0.732. The Labute approximate surface area is 416 Å². The molecule has 0 aliphatic carbocycles. The number of oxazole rings is 1. The van der Waals surface area contributed by atoms with Gasteiger partial charge in [-0.3, -0.25) is 34.1 Å². The van der Waals surface area contributed by atoms with Gasteiger partial charge in [-0.15, -0.1) is 5.01 Å². The number of benzene rings is 1. The molecule has 5 atom stereocenters. The van der Waals surface area contributed by atoms with Gasteiger partial charge in [-0.1, -0.05) is 40.2 Å². The van der Waals surface area contributed by atoms with Gasteiger partial charge >= 0.3 is 5.97 Å². The Morgan fingerprint density at radius 2 is 1.87 bits per heavy atom. The highest BCUT2D eigenvalue weighted by atomic mass is 16.5. The fraction of sp³-hybridized carbons (Fsp3) is 0.547. The predicted octanol–water partition coefficient (Wildman–Crippen LogP) is 5.55. The summed E-state index contributed by atoms with van der Waals surface area (Å²) in [4.78, 5) is 84.4. The molecular weight excluding hydrogens is 905 g/mol. The van der Waals surface area contributed by atoms with Crippen molar-refractivity contribution in [2.24, 2.45) is 11.3 Å². The summed E-state index contributed by atoms with van der Waals surface area (Å²) in [5.74, 6) is 4.29. The first kappa shape index (κ1) is 51.0. The van der Waals surface area contributed by atoms with Gasteiger partial charge in [0.2, 0.25) is 5.91 Å². The van der Waals surface area contributed by atoms with Crippen molar-refractivity contribution in [1.82, 2.24) is 45.1 Å². The maximum Gasteiger partial charge on any atom is 0.324 e. The van der Waals surface area contributed by atoms with Crippen LogP contribution < -0.4 is 10.7 Å². The minimum Gasteiger partial charge on any atom is -0.464 e. The van der Waals surface area contributed by atoms with E-state index in [1.807, 2.05) is 65.0 Å². The number of esters is 1. The summed E-state index contributed by atoms with van der Waals surface area (Å²) in [5.41, 5.74) is 7.24. The van der Waals surface area contributed by atoms with Gasteiger partial charge in [-0.25, -0.2) is 10.4 Å². The van der Waals surface area contributed by atoms with E-state index in [0.717, 1.165) is 63.4 Å². The number of carbonyl (C=O) groups excluding carboxylic acids is 4. The van der Waals surface area contributed by atoms with Gasteiger partial charge in [-0.2, -0.15) is 0 Å². The van der Waals surface area contributed by atoms with E-state index in [1.54, 1.807) is 37.7 Å². The molecular formula is C53H69N10O8+. The second-order valence-corrected chi connectivity index (χ2v) is 21.0. The number of cyclic esters (lactones) is 1. The number of likely N-dealkylation sites (N-methyl/N-ethyl adjacent to an activating group) is 1. The Morgan fingerprint density at radius 3 is 2.58 bits per heavy atom. The average Bonchev–Trinajstić information content (AvgIpc) is 4.09. The molecule has 0 unspecified atom stereocenters. The molecule has 0 spiro atoms. The zero-order chi connectivity index (χ0) is 50.9. The number of methoxy groups -OCH3 is 1. The highest BCUT2D eigenvalue weighted by Crippen LogP contribution is 2.42. The van der Waals surface area contributed by atoms with Gasteiger partial charge in [0.1, 0.15) is 17.0 Å². The van der Waals surface area contributed by atoms with Crippen LogP contribution in [0.5, 0.6) is 0 Å². The van der Waals surface area contributed by atoms with Crippen LogP contribution in [0, 0.1) is 28.1 Å². The number of hydrazine groups is 2. The molecule has 0 saturated carbocycles. The van der Waals surface area contributed by atoms with Gasteiger partial charge in [0.15, 0.2) is 17.7 Å². The van der Waals surface area contributed by atoms with Crippen LogP contribution in [0.25, 0.3) is 39.7 Å². The van der Waals surface area contributed by atoms with Gasteiger partial charge < -0.3 is 28.7 Å². The van der Waals surface area contributed by atoms with E-state index in [9.17, 15) is 24.1 Å². The van der Waals surface area contributed by atoms with Crippen LogP contribution >= 0.6 is 0 Å².